The van der Waals surface area contributed by atoms with Gasteiger partial charge in [0.05, 0.1) is 12.9 Å². The van der Waals surface area contributed by atoms with Crippen LogP contribution < -0.4 is 27.4 Å². The molecule has 0 aliphatic heterocycles. The zero-order chi connectivity index (χ0) is 22.5. The number of hydrogen-bond donors (Lipinski definition) is 8. The third-order valence-electron chi connectivity index (χ3n) is 4.19. The molecule has 0 spiro atoms. The first kappa shape index (κ1) is 25.4. The lowest BCUT2D eigenvalue weighted by Crippen LogP contribution is -2.57. The van der Waals surface area contributed by atoms with E-state index in [4.69, 9.17) is 11.5 Å². The Morgan fingerprint density at radius 2 is 1.73 bits per heavy atom. The van der Waals surface area contributed by atoms with Crippen LogP contribution in [0.25, 0.3) is 0 Å². The number of hydrogen-bond acceptors (Lipinski definition) is 8. The lowest BCUT2D eigenvalue weighted by molar-refractivity contribution is -0.142. The smallest absolute Gasteiger partial charge is 0.326 e. The van der Waals surface area contributed by atoms with E-state index >= 15 is 0 Å². The minimum Gasteiger partial charge on any atom is -0.480 e. The number of carboxylic acids is 1. The number of aliphatic carboxylic acids is 1. The highest BCUT2D eigenvalue weighted by atomic mass is 32.1. The van der Waals surface area contributed by atoms with Crippen LogP contribution in [0, 0.1) is 0 Å². The van der Waals surface area contributed by atoms with Crippen LogP contribution in [-0.2, 0) is 25.6 Å². The molecule has 0 aromatic carbocycles. The number of aromatic amines is 1. The van der Waals surface area contributed by atoms with E-state index in [2.05, 4.69) is 38.5 Å². The molecule has 3 atom stereocenters. The van der Waals surface area contributed by atoms with Crippen LogP contribution in [0.1, 0.15) is 25.0 Å². The summed E-state index contributed by atoms with van der Waals surface area (Å²) >= 11 is 4.04. The zero-order valence-corrected chi connectivity index (χ0v) is 17.4. The molecule has 30 heavy (non-hydrogen) atoms. The molecule has 13 heteroatoms. The molecule has 0 bridgehead atoms. The van der Waals surface area contributed by atoms with E-state index in [1.54, 1.807) is 0 Å². The highest BCUT2D eigenvalue weighted by molar-refractivity contribution is 7.80. The number of carboxylic acid groups (broad SMARTS) is 1. The first-order valence-corrected chi connectivity index (χ1v) is 10.1. The fourth-order valence-corrected chi connectivity index (χ4v) is 2.82. The molecule has 0 aliphatic carbocycles. The number of carbonyl (C=O) groups excluding carboxylic acids is 3. The quantitative estimate of drug-likeness (QED) is 0.114. The molecule has 3 unspecified atom stereocenters. The van der Waals surface area contributed by atoms with Gasteiger partial charge in [0, 0.05) is 24.1 Å². The largest absolute Gasteiger partial charge is 0.480 e. The molecule has 0 fully saturated rings. The van der Waals surface area contributed by atoms with E-state index in [0.29, 0.717) is 25.1 Å². The topological polar surface area (TPSA) is 205 Å². The summed E-state index contributed by atoms with van der Waals surface area (Å²) in [5.74, 6) is -3.09. The Morgan fingerprint density at radius 3 is 2.27 bits per heavy atom. The number of nitrogens with two attached hydrogens (primary N) is 2. The molecule has 12 nitrogen and oxygen atoms in total. The molecule has 0 radical (unpaired) electrons. The van der Waals surface area contributed by atoms with E-state index in [0.717, 1.165) is 0 Å². The monoisotopic (exact) mass is 443 g/mol. The van der Waals surface area contributed by atoms with Gasteiger partial charge < -0.3 is 37.5 Å². The Bertz CT molecular complexity index is 701. The fourth-order valence-electron chi connectivity index (χ4n) is 2.57. The average Bonchev–Trinajstić information content (AvgIpc) is 3.23. The molecule has 1 heterocycles. The van der Waals surface area contributed by atoms with Crippen LogP contribution in [0.2, 0.25) is 0 Å². The minimum absolute atomic E-state index is 0.0210. The Kier molecular flexibility index (Phi) is 11.5. The van der Waals surface area contributed by atoms with Crippen molar-refractivity contribution in [2.75, 3.05) is 18.8 Å². The van der Waals surface area contributed by atoms with E-state index in [-0.39, 0.29) is 25.1 Å². The highest BCUT2D eigenvalue weighted by Gasteiger charge is 2.29. The highest BCUT2D eigenvalue weighted by Crippen LogP contribution is 2.05. The molecule has 1 rings (SSSR count). The summed E-state index contributed by atoms with van der Waals surface area (Å²) in [4.78, 5) is 55.0. The van der Waals surface area contributed by atoms with Gasteiger partial charge in [0.15, 0.2) is 0 Å². The molecule has 168 valence electrons. The van der Waals surface area contributed by atoms with Crippen molar-refractivity contribution in [3.63, 3.8) is 0 Å². The average molecular weight is 444 g/mol. The summed E-state index contributed by atoms with van der Waals surface area (Å²) in [5, 5.41) is 16.8. The zero-order valence-electron chi connectivity index (χ0n) is 16.5. The molecule has 0 saturated heterocycles. The van der Waals surface area contributed by atoms with Gasteiger partial charge in [-0.05, 0) is 25.8 Å². The van der Waals surface area contributed by atoms with Crippen molar-refractivity contribution in [2.24, 2.45) is 11.5 Å². The van der Waals surface area contributed by atoms with Crippen LogP contribution in [0.15, 0.2) is 12.5 Å². The number of nitrogens with one attached hydrogen (secondary N) is 4. The maximum absolute atomic E-state index is 12.8. The van der Waals surface area contributed by atoms with Crippen molar-refractivity contribution < 1.29 is 24.3 Å². The Labute approximate surface area is 179 Å². The van der Waals surface area contributed by atoms with Gasteiger partial charge in [0.1, 0.15) is 18.1 Å². The summed E-state index contributed by atoms with van der Waals surface area (Å²) in [6.07, 6.45) is 4.29. The summed E-state index contributed by atoms with van der Waals surface area (Å²) < 4.78 is 0. The Hall–Kier alpha value is -2.64. The first-order chi connectivity index (χ1) is 14.3. The van der Waals surface area contributed by atoms with Gasteiger partial charge in [-0.2, -0.15) is 12.6 Å². The SMILES string of the molecule is NCCCCC(NC(=O)C(Cc1cnc[nH]1)NC(=O)C(CS)NC(=O)CN)C(=O)O. The van der Waals surface area contributed by atoms with Gasteiger partial charge in [-0.3, -0.25) is 14.4 Å². The van der Waals surface area contributed by atoms with Crippen molar-refractivity contribution in [3.05, 3.63) is 18.2 Å². The first-order valence-electron chi connectivity index (χ1n) is 9.43. The summed E-state index contributed by atoms with van der Waals surface area (Å²) in [6.45, 7) is 0.108. The van der Waals surface area contributed by atoms with Gasteiger partial charge in [0.25, 0.3) is 0 Å². The number of carbonyl (C=O) groups is 4. The van der Waals surface area contributed by atoms with Crippen molar-refractivity contribution in [1.82, 2.24) is 25.9 Å². The number of thiol groups is 1. The molecule has 1 aromatic heterocycles. The van der Waals surface area contributed by atoms with Gasteiger partial charge in [-0.1, -0.05) is 0 Å². The van der Waals surface area contributed by atoms with Crippen molar-refractivity contribution in [3.8, 4) is 0 Å². The van der Waals surface area contributed by atoms with Crippen LogP contribution >= 0.6 is 12.6 Å². The van der Waals surface area contributed by atoms with E-state index in [1.165, 1.54) is 12.5 Å². The Morgan fingerprint density at radius 1 is 1.07 bits per heavy atom. The van der Waals surface area contributed by atoms with Crippen LogP contribution in [0.5, 0.6) is 0 Å². The number of imidazole rings is 1. The third-order valence-corrected chi connectivity index (χ3v) is 4.56. The summed E-state index contributed by atoms with van der Waals surface area (Å²) in [7, 11) is 0. The third kappa shape index (κ3) is 8.80. The van der Waals surface area contributed by atoms with Gasteiger partial charge in [-0.25, -0.2) is 9.78 Å². The van der Waals surface area contributed by atoms with Crippen molar-refractivity contribution in [2.45, 2.75) is 43.8 Å². The van der Waals surface area contributed by atoms with Crippen LogP contribution in [0.3, 0.4) is 0 Å². The number of amides is 3. The van der Waals surface area contributed by atoms with Crippen molar-refractivity contribution in [1.29, 1.82) is 0 Å². The minimum atomic E-state index is -1.18. The standard InChI is InChI=1S/C17H29N7O5S/c18-4-2-1-3-11(17(28)29)23-15(26)12(5-10-7-20-9-21-10)24-16(27)13(8-30)22-14(25)6-19/h7,9,11-13,30H,1-6,8,18-19H2,(H,20,21)(H,22,25)(H,23,26)(H,24,27)(H,28,29). The lowest BCUT2D eigenvalue weighted by atomic mass is 10.1. The normalized spacial score (nSPS) is 13.7. The number of aromatic nitrogens is 2. The second-order valence-corrected chi connectivity index (χ2v) is 6.90. The molecule has 0 saturated carbocycles. The molecular formula is C17H29N7O5S. The summed E-state index contributed by atoms with van der Waals surface area (Å²) in [6, 6.07) is -3.24. The maximum Gasteiger partial charge on any atom is 0.326 e. The fraction of sp³-hybridized carbons (Fsp3) is 0.588. The molecular weight excluding hydrogens is 414 g/mol. The second kappa shape index (κ2) is 13.6. The maximum atomic E-state index is 12.8. The number of unbranched alkanes of at least 4 members (excludes halogenated alkanes) is 1. The lowest BCUT2D eigenvalue weighted by Gasteiger charge is -2.23. The van der Waals surface area contributed by atoms with E-state index in [1.807, 2.05) is 0 Å². The predicted molar refractivity (Wildman–Crippen MR) is 112 cm³/mol. The molecule has 3 amide bonds. The van der Waals surface area contributed by atoms with E-state index in [9.17, 15) is 24.3 Å². The molecule has 0 aliphatic rings. The number of nitrogens with zero attached hydrogens (tertiary/aromatic N) is 1. The summed E-state index contributed by atoms with van der Waals surface area (Å²) in [5.41, 5.74) is 11.2. The molecule has 9 N–H and O–H groups in total. The number of H-pyrrole nitrogens is 1. The predicted octanol–water partition coefficient (Wildman–Crippen LogP) is -2.49. The van der Waals surface area contributed by atoms with Gasteiger partial charge >= 0.3 is 5.97 Å². The van der Waals surface area contributed by atoms with Crippen LogP contribution in [-0.4, -0.2) is 75.7 Å². The number of rotatable bonds is 14. The van der Waals surface area contributed by atoms with Gasteiger partial charge in [-0.15, -0.1) is 0 Å². The van der Waals surface area contributed by atoms with Crippen molar-refractivity contribution >= 4 is 36.3 Å². The molecule has 1 aromatic rings. The van der Waals surface area contributed by atoms with E-state index < -0.39 is 41.8 Å². The van der Waals surface area contributed by atoms with Gasteiger partial charge in [0.2, 0.25) is 17.7 Å². The second-order valence-electron chi connectivity index (χ2n) is 6.53. The Balaban J connectivity index is 2.90. The van der Waals surface area contributed by atoms with Crippen LogP contribution in [0.4, 0.5) is 0 Å².